The normalized spacial score (nSPS) is 15.1. The van der Waals surface area contributed by atoms with E-state index in [0.717, 1.165) is 0 Å². The van der Waals surface area contributed by atoms with Gasteiger partial charge in [-0.1, -0.05) is 55.4 Å². The third-order valence-corrected chi connectivity index (χ3v) is 6.42. The zero-order valence-electron chi connectivity index (χ0n) is 25.4. The molecule has 0 fully saturated rings. The maximum Gasteiger partial charge on any atom is 0.458 e. The lowest BCUT2D eigenvalue weighted by Crippen LogP contribution is -2.67. The molecule has 0 saturated carbocycles. The molecule has 1 unspecified atom stereocenters. The average Bonchev–Trinajstić information content (AvgIpc) is 2.81. The molecule has 0 N–H and O–H groups in total. The van der Waals surface area contributed by atoms with Gasteiger partial charge in [0.1, 0.15) is 0 Å². The van der Waals surface area contributed by atoms with Crippen LogP contribution in [0.3, 0.4) is 0 Å². The van der Waals surface area contributed by atoms with Crippen LogP contribution in [0.25, 0.3) is 0 Å². The molecule has 0 radical (unpaired) electrons. The second kappa shape index (κ2) is 15.3. The first-order valence-electron chi connectivity index (χ1n) is 13.9. The first-order valence-corrected chi connectivity index (χ1v) is 13.9. The number of alkyl halides is 10. The molecule has 0 aliphatic carbocycles. The third kappa shape index (κ3) is 10.4. The number of hydrogen-bond donors (Lipinski definition) is 0. The summed E-state index contributed by atoms with van der Waals surface area (Å²) in [4.78, 5) is 25.6. The van der Waals surface area contributed by atoms with Crippen molar-refractivity contribution in [2.45, 2.75) is 111 Å². The fraction of sp³-hybridized carbons (Fsp3) is 0.926. The van der Waals surface area contributed by atoms with Gasteiger partial charge in [-0.2, -0.15) is 43.9 Å². The lowest BCUT2D eigenvalue weighted by molar-refractivity contribution is -0.456. The lowest BCUT2D eigenvalue weighted by atomic mass is 10.0. The second-order valence-corrected chi connectivity index (χ2v) is 12.2. The lowest BCUT2D eigenvalue weighted by Gasteiger charge is -2.39. The van der Waals surface area contributed by atoms with Gasteiger partial charge in [-0.15, -0.1) is 0 Å². The summed E-state index contributed by atoms with van der Waals surface area (Å²) in [6.07, 6.45) is -13.7. The molecule has 42 heavy (non-hydrogen) atoms. The summed E-state index contributed by atoms with van der Waals surface area (Å²) < 4.78 is 148. The van der Waals surface area contributed by atoms with E-state index in [1.54, 1.807) is 55.4 Å². The quantitative estimate of drug-likeness (QED) is 0.144. The highest BCUT2D eigenvalue weighted by atomic mass is 19.4. The molecule has 0 rings (SSSR count). The fourth-order valence-electron chi connectivity index (χ4n) is 3.47. The average molecular weight is 635 g/mol. The van der Waals surface area contributed by atoms with Crippen LogP contribution in [0.5, 0.6) is 0 Å². The van der Waals surface area contributed by atoms with Gasteiger partial charge >= 0.3 is 30.0 Å². The summed E-state index contributed by atoms with van der Waals surface area (Å²) in [5, 5.41) is 0. The topological polar surface area (TPSA) is 49.9 Å². The molecule has 250 valence electrons. The van der Waals surface area contributed by atoms with E-state index < -0.39 is 68.0 Å². The highest BCUT2D eigenvalue weighted by Gasteiger charge is 2.81. The molecule has 5 nitrogen and oxygen atoms in total. The van der Waals surface area contributed by atoms with Crippen molar-refractivity contribution in [3.05, 3.63) is 0 Å². The molecule has 0 aromatic rings. The fourth-order valence-corrected chi connectivity index (χ4v) is 3.47. The molecule has 0 aromatic carbocycles. The monoisotopic (exact) mass is 634 g/mol. The number of carbonyl (C=O) groups is 2. The van der Waals surface area contributed by atoms with E-state index in [1.165, 1.54) is 0 Å². The minimum atomic E-state index is -6.99. The van der Waals surface area contributed by atoms with Crippen LogP contribution in [0.4, 0.5) is 43.9 Å². The molecule has 2 amide bonds. The van der Waals surface area contributed by atoms with Crippen LogP contribution in [-0.2, 0) is 14.3 Å². The molecule has 0 saturated heterocycles. The van der Waals surface area contributed by atoms with Crippen LogP contribution in [-0.4, -0.2) is 77.8 Å². The predicted octanol–water partition coefficient (Wildman–Crippen LogP) is 7.94. The molecule has 0 aromatic heterocycles. The molecule has 0 spiro atoms. The standard InChI is InChI=1S/C27H44F10N2O3/c1-17(2)9-13-38(14-10-18(3)4)21(40)23(28,29)25(31,32)27(36,37)42-24(30,26(33,34)35)22(41)39(15-11-19(5)6)16-12-20(7)8/h17-20H,9-16H2,1-8H3. The summed E-state index contributed by atoms with van der Waals surface area (Å²) in [6.45, 7) is 10.5. The van der Waals surface area contributed by atoms with Gasteiger partial charge < -0.3 is 9.80 Å². The number of hydrogen-bond acceptors (Lipinski definition) is 3. The molecule has 0 aliphatic rings. The van der Waals surface area contributed by atoms with Crippen LogP contribution in [0, 0.1) is 23.7 Å². The van der Waals surface area contributed by atoms with E-state index in [-0.39, 0.29) is 59.2 Å². The van der Waals surface area contributed by atoms with Crippen LogP contribution in [0.2, 0.25) is 0 Å². The number of ether oxygens (including phenoxy) is 1. The Labute approximate surface area is 241 Å². The van der Waals surface area contributed by atoms with Gasteiger partial charge in [0.15, 0.2) is 0 Å². The minimum absolute atomic E-state index is 0.0110. The Kier molecular flexibility index (Phi) is 14.6. The number of rotatable bonds is 18. The maximum absolute atomic E-state index is 15.3. The Morgan fingerprint density at radius 2 is 0.833 bits per heavy atom. The Morgan fingerprint density at radius 3 is 1.10 bits per heavy atom. The maximum atomic E-state index is 15.3. The smallest absolute Gasteiger partial charge is 0.337 e. The number of nitrogens with zero attached hydrogens (tertiary/aromatic N) is 2. The molecular formula is C27H44F10N2O3. The molecule has 0 aliphatic heterocycles. The highest BCUT2D eigenvalue weighted by Crippen LogP contribution is 2.51. The number of halogens is 10. The molecule has 0 heterocycles. The van der Waals surface area contributed by atoms with E-state index >= 15 is 4.39 Å². The molecule has 15 heteroatoms. The van der Waals surface area contributed by atoms with Crippen LogP contribution in [0.1, 0.15) is 81.1 Å². The van der Waals surface area contributed by atoms with E-state index in [0.29, 0.717) is 0 Å². The first kappa shape index (κ1) is 40.2. The summed E-state index contributed by atoms with van der Waals surface area (Å²) in [6, 6.07) is 0. The Bertz CT molecular complexity index is 840. The zero-order valence-corrected chi connectivity index (χ0v) is 25.4. The van der Waals surface area contributed by atoms with Crippen molar-refractivity contribution in [1.29, 1.82) is 0 Å². The van der Waals surface area contributed by atoms with E-state index in [1.807, 2.05) is 0 Å². The Hall–Kier alpha value is -1.80. The summed E-state index contributed by atoms with van der Waals surface area (Å²) in [5.74, 6) is -26.0. The van der Waals surface area contributed by atoms with E-state index in [2.05, 4.69) is 4.74 Å². The van der Waals surface area contributed by atoms with Gasteiger partial charge in [-0.25, -0.2) is 0 Å². The van der Waals surface area contributed by atoms with Crippen LogP contribution < -0.4 is 0 Å². The van der Waals surface area contributed by atoms with E-state index in [9.17, 15) is 49.1 Å². The van der Waals surface area contributed by atoms with Crippen molar-refractivity contribution in [2.75, 3.05) is 26.2 Å². The minimum Gasteiger partial charge on any atom is -0.337 e. The van der Waals surface area contributed by atoms with Gasteiger partial charge in [0.05, 0.1) is 0 Å². The first-order chi connectivity index (χ1) is 18.7. The molecular weight excluding hydrogens is 590 g/mol. The van der Waals surface area contributed by atoms with Crippen molar-refractivity contribution < 1.29 is 58.2 Å². The Morgan fingerprint density at radius 1 is 0.548 bits per heavy atom. The van der Waals surface area contributed by atoms with Gasteiger partial charge in [0, 0.05) is 26.2 Å². The predicted molar refractivity (Wildman–Crippen MR) is 137 cm³/mol. The van der Waals surface area contributed by atoms with Gasteiger partial charge in [-0.05, 0) is 49.4 Å². The zero-order chi connectivity index (χ0) is 33.5. The SMILES string of the molecule is CC(C)CCN(CCC(C)C)C(=O)C(F)(F)C(F)(F)C(F)(F)OC(F)(C(=O)N(CCC(C)C)CCC(C)C)C(F)(F)F. The highest BCUT2D eigenvalue weighted by molar-refractivity contribution is 5.85. The van der Waals surface area contributed by atoms with Crippen molar-refractivity contribution in [3.8, 4) is 0 Å². The summed E-state index contributed by atoms with van der Waals surface area (Å²) in [7, 11) is 0. The number of amides is 2. The number of carbonyl (C=O) groups excluding carboxylic acids is 2. The van der Waals surface area contributed by atoms with Crippen molar-refractivity contribution in [3.63, 3.8) is 0 Å². The largest absolute Gasteiger partial charge is 0.458 e. The van der Waals surface area contributed by atoms with Crippen LogP contribution >= 0.6 is 0 Å². The summed E-state index contributed by atoms with van der Waals surface area (Å²) >= 11 is 0. The molecule has 1 atom stereocenters. The van der Waals surface area contributed by atoms with Crippen LogP contribution in [0.15, 0.2) is 0 Å². The van der Waals surface area contributed by atoms with Crippen molar-refractivity contribution in [1.82, 2.24) is 9.80 Å². The van der Waals surface area contributed by atoms with Crippen molar-refractivity contribution >= 4 is 11.8 Å². The Balaban J connectivity index is 6.57. The third-order valence-electron chi connectivity index (χ3n) is 6.42. The second-order valence-electron chi connectivity index (χ2n) is 12.2. The van der Waals surface area contributed by atoms with E-state index in [4.69, 9.17) is 0 Å². The summed E-state index contributed by atoms with van der Waals surface area (Å²) in [5.41, 5.74) is 0. The molecule has 0 bridgehead atoms. The van der Waals surface area contributed by atoms with Gasteiger partial charge in [0.25, 0.3) is 11.8 Å². The van der Waals surface area contributed by atoms with Crippen molar-refractivity contribution in [2.24, 2.45) is 23.7 Å². The van der Waals surface area contributed by atoms with Gasteiger partial charge in [0.2, 0.25) is 0 Å². The van der Waals surface area contributed by atoms with Gasteiger partial charge in [-0.3, -0.25) is 14.3 Å².